The van der Waals surface area contributed by atoms with E-state index in [1.807, 2.05) is 24.3 Å². The van der Waals surface area contributed by atoms with Crippen LogP contribution >= 0.6 is 0 Å². The van der Waals surface area contributed by atoms with Gasteiger partial charge in [-0.2, -0.15) is 5.10 Å². The van der Waals surface area contributed by atoms with E-state index in [0.29, 0.717) is 18.5 Å². The summed E-state index contributed by atoms with van der Waals surface area (Å²) in [5.41, 5.74) is 0.620. The van der Waals surface area contributed by atoms with Crippen LogP contribution in [0.3, 0.4) is 0 Å². The summed E-state index contributed by atoms with van der Waals surface area (Å²) in [5, 5.41) is 16.9. The number of carbonyl (C=O) groups is 2. The van der Waals surface area contributed by atoms with Crippen LogP contribution in [0.25, 0.3) is 10.9 Å². The molecular formula is C15H17N3O3. The minimum Gasteiger partial charge on any atom is -0.481 e. The van der Waals surface area contributed by atoms with Crippen molar-refractivity contribution in [3.05, 3.63) is 30.0 Å². The van der Waals surface area contributed by atoms with Gasteiger partial charge in [0.1, 0.15) is 0 Å². The van der Waals surface area contributed by atoms with Crippen molar-refractivity contribution in [1.29, 1.82) is 0 Å². The Labute approximate surface area is 121 Å². The van der Waals surface area contributed by atoms with Crippen LogP contribution in [0.2, 0.25) is 0 Å². The molecule has 2 N–H and O–H groups in total. The average Bonchev–Trinajstić information content (AvgIpc) is 2.74. The molecule has 1 aliphatic rings. The second kappa shape index (κ2) is 4.87. The molecule has 0 aliphatic heterocycles. The third kappa shape index (κ3) is 2.37. The third-order valence-corrected chi connectivity index (χ3v) is 4.15. The van der Waals surface area contributed by atoms with Crippen molar-refractivity contribution in [2.24, 2.45) is 7.05 Å². The molecule has 1 aromatic carbocycles. The summed E-state index contributed by atoms with van der Waals surface area (Å²) in [6, 6.07) is 7.50. The zero-order chi connectivity index (χ0) is 15.0. The van der Waals surface area contributed by atoms with Gasteiger partial charge in [-0.1, -0.05) is 18.2 Å². The maximum atomic E-state index is 12.5. The lowest BCUT2D eigenvalue weighted by Crippen LogP contribution is -2.54. The van der Waals surface area contributed by atoms with Gasteiger partial charge in [-0.3, -0.25) is 14.3 Å². The number of aryl methyl sites for hydroxylation is 1. The number of hydrogen-bond acceptors (Lipinski definition) is 3. The normalized spacial score (nSPS) is 16.4. The standard InChI is InChI=1S/C15H17N3O3/c1-18-11-6-3-2-5-10(11)13(17-18)14(21)16-15(7-4-8-15)9-12(19)20/h2-3,5-6H,4,7-9H2,1H3,(H,16,21)(H,19,20). The third-order valence-electron chi connectivity index (χ3n) is 4.15. The van der Waals surface area contributed by atoms with Crippen molar-refractivity contribution >= 4 is 22.8 Å². The molecular weight excluding hydrogens is 270 g/mol. The minimum atomic E-state index is -0.888. The first-order chi connectivity index (χ1) is 10.0. The van der Waals surface area contributed by atoms with Gasteiger partial charge in [0.25, 0.3) is 5.91 Å². The molecule has 1 aromatic heterocycles. The Hall–Kier alpha value is -2.37. The topological polar surface area (TPSA) is 84.2 Å². The molecule has 1 fully saturated rings. The number of carboxylic acids is 1. The van der Waals surface area contributed by atoms with E-state index >= 15 is 0 Å². The smallest absolute Gasteiger partial charge is 0.305 e. The Morgan fingerprint density at radius 1 is 1.38 bits per heavy atom. The maximum Gasteiger partial charge on any atom is 0.305 e. The number of nitrogens with one attached hydrogen (secondary N) is 1. The number of carbonyl (C=O) groups excluding carboxylic acids is 1. The molecule has 2 aromatic rings. The van der Waals surface area contributed by atoms with Crippen molar-refractivity contribution in [3.8, 4) is 0 Å². The Morgan fingerprint density at radius 2 is 2.10 bits per heavy atom. The lowest BCUT2D eigenvalue weighted by Gasteiger charge is -2.41. The highest BCUT2D eigenvalue weighted by Crippen LogP contribution is 2.35. The van der Waals surface area contributed by atoms with Crippen LogP contribution in [0.15, 0.2) is 24.3 Å². The summed E-state index contributed by atoms with van der Waals surface area (Å²) in [6.45, 7) is 0. The van der Waals surface area contributed by atoms with Crippen molar-refractivity contribution in [1.82, 2.24) is 15.1 Å². The van der Waals surface area contributed by atoms with E-state index < -0.39 is 11.5 Å². The number of amides is 1. The molecule has 6 heteroatoms. The lowest BCUT2D eigenvalue weighted by atomic mass is 9.74. The summed E-state index contributed by atoms with van der Waals surface area (Å²) >= 11 is 0. The molecule has 1 amide bonds. The summed E-state index contributed by atoms with van der Waals surface area (Å²) in [5.74, 6) is -1.19. The number of para-hydroxylation sites is 1. The van der Waals surface area contributed by atoms with Crippen molar-refractivity contribution in [2.75, 3.05) is 0 Å². The van der Waals surface area contributed by atoms with Crippen molar-refractivity contribution < 1.29 is 14.7 Å². The van der Waals surface area contributed by atoms with E-state index in [2.05, 4.69) is 10.4 Å². The summed E-state index contributed by atoms with van der Waals surface area (Å²) in [4.78, 5) is 23.5. The highest BCUT2D eigenvalue weighted by atomic mass is 16.4. The fourth-order valence-corrected chi connectivity index (χ4v) is 2.92. The number of aliphatic carboxylic acids is 1. The van der Waals surface area contributed by atoms with Gasteiger partial charge in [0, 0.05) is 12.4 Å². The van der Waals surface area contributed by atoms with E-state index in [1.165, 1.54) is 0 Å². The van der Waals surface area contributed by atoms with Crippen molar-refractivity contribution in [2.45, 2.75) is 31.2 Å². The van der Waals surface area contributed by atoms with Crippen LogP contribution in [0.5, 0.6) is 0 Å². The van der Waals surface area contributed by atoms with E-state index in [-0.39, 0.29) is 12.3 Å². The Morgan fingerprint density at radius 3 is 2.71 bits per heavy atom. The monoisotopic (exact) mass is 287 g/mol. The van der Waals surface area contributed by atoms with Gasteiger partial charge in [-0.25, -0.2) is 0 Å². The fraction of sp³-hybridized carbons (Fsp3) is 0.400. The van der Waals surface area contributed by atoms with Crippen LogP contribution in [-0.2, 0) is 11.8 Å². The van der Waals surface area contributed by atoms with Crippen LogP contribution in [-0.4, -0.2) is 32.3 Å². The molecule has 0 unspecified atom stereocenters. The summed E-state index contributed by atoms with van der Waals surface area (Å²) in [6.07, 6.45) is 2.31. The molecule has 1 saturated carbocycles. The van der Waals surface area contributed by atoms with Gasteiger partial charge in [0.2, 0.25) is 0 Å². The molecule has 1 aliphatic carbocycles. The molecule has 0 bridgehead atoms. The Balaban J connectivity index is 1.89. The molecule has 1 heterocycles. The molecule has 6 nitrogen and oxygen atoms in total. The van der Waals surface area contributed by atoms with Gasteiger partial charge in [0.15, 0.2) is 5.69 Å². The number of aromatic nitrogens is 2. The number of hydrogen-bond donors (Lipinski definition) is 2. The lowest BCUT2D eigenvalue weighted by molar-refractivity contribution is -0.139. The van der Waals surface area contributed by atoms with Crippen molar-refractivity contribution in [3.63, 3.8) is 0 Å². The number of nitrogens with zero attached hydrogens (tertiary/aromatic N) is 2. The number of benzene rings is 1. The van der Waals surface area contributed by atoms with Gasteiger partial charge in [-0.15, -0.1) is 0 Å². The van der Waals surface area contributed by atoms with Gasteiger partial charge in [-0.05, 0) is 25.3 Å². The average molecular weight is 287 g/mol. The van der Waals surface area contributed by atoms with E-state index in [0.717, 1.165) is 17.3 Å². The predicted molar refractivity (Wildman–Crippen MR) is 77.0 cm³/mol. The summed E-state index contributed by atoms with van der Waals surface area (Å²) < 4.78 is 1.66. The first kappa shape index (κ1) is 13.6. The SMILES string of the molecule is Cn1nc(C(=O)NC2(CC(=O)O)CCC2)c2ccccc21. The Bertz CT molecular complexity index is 716. The number of carboxylic acid groups (broad SMARTS) is 1. The second-order valence-corrected chi connectivity index (χ2v) is 5.65. The molecule has 0 atom stereocenters. The molecule has 3 rings (SSSR count). The zero-order valence-electron chi connectivity index (χ0n) is 11.8. The first-order valence-electron chi connectivity index (χ1n) is 6.97. The quantitative estimate of drug-likeness (QED) is 0.896. The van der Waals surface area contributed by atoms with Crippen LogP contribution in [0, 0.1) is 0 Å². The van der Waals surface area contributed by atoms with Crippen LogP contribution in [0.4, 0.5) is 0 Å². The molecule has 21 heavy (non-hydrogen) atoms. The molecule has 0 radical (unpaired) electrons. The molecule has 0 spiro atoms. The number of rotatable bonds is 4. The molecule has 0 saturated heterocycles. The predicted octanol–water partition coefficient (Wildman–Crippen LogP) is 1.70. The van der Waals surface area contributed by atoms with E-state index in [9.17, 15) is 9.59 Å². The van der Waals surface area contributed by atoms with Gasteiger partial charge >= 0.3 is 5.97 Å². The highest BCUT2D eigenvalue weighted by molar-refractivity contribution is 6.05. The summed E-state index contributed by atoms with van der Waals surface area (Å²) in [7, 11) is 1.79. The molecule has 110 valence electrons. The van der Waals surface area contributed by atoms with Crippen LogP contribution < -0.4 is 5.32 Å². The first-order valence-corrected chi connectivity index (χ1v) is 6.97. The Kier molecular flexibility index (Phi) is 3.16. The zero-order valence-corrected chi connectivity index (χ0v) is 11.8. The fourth-order valence-electron chi connectivity index (χ4n) is 2.92. The van der Waals surface area contributed by atoms with Crippen LogP contribution in [0.1, 0.15) is 36.2 Å². The minimum absolute atomic E-state index is 0.0382. The number of fused-ring (bicyclic) bond motifs is 1. The van der Waals surface area contributed by atoms with E-state index in [4.69, 9.17) is 5.11 Å². The largest absolute Gasteiger partial charge is 0.481 e. The van der Waals surface area contributed by atoms with E-state index in [1.54, 1.807) is 11.7 Å². The second-order valence-electron chi connectivity index (χ2n) is 5.65. The van der Waals surface area contributed by atoms with Gasteiger partial charge < -0.3 is 10.4 Å². The maximum absolute atomic E-state index is 12.5. The van der Waals surface area contributed by atoms with Gasteiger partial charge in [0.05, 0.1) is 17.5 Å². The highest BCUT2D eigenvalue weighted by Gasteiger charge is 2.41.